The highest BCUT2D eigenvalue weighted by Crippen LogP contribution is 2.37. The summed E-state index contributed by atoms with van der Waals surface area (Å²) >= 11 is 3.46. The molecule has 5 aliphatic heterocycles. The van der Waals surface area contributed by atoms with Crippen molar-refractivity contribution in [2.24, 2.45) is 0 Å². The summed E-state index contributed by atoms with van der Waals surface area (Å²) in [5, 5.41) is 4.12. The molecular weight excluding hydrogens is 718 g/mol. The van der Waals surface area contributed by atoms with Gasteiger partial charge in [0.05, 0.1) is 22.4 Å². The van der Waals surface area contributed by atoms with Crippen molar-refractivity contribution in [2.75, 3.05) is 79.7 Å². The van der Waals surface area contributed by atoms with E-state index in [-0.39, 0.29) is 36.6 Å². The standard InChI is InChI=1S/C18H29BN2O2.C13H18BBrO2.C5H12N2.C4H8O/c1-17(2)18(3,4)23-19(22-17)16-8-6-7-15(13-16)14-21-11-9-20(5)10-12-21;1-12(2)13(3,4)17-14(16-12)11-7-5-6-10(8-11)9-15;1-7-4-2-6-3-5-7;1-2-4-5-3-1/h6-8,13H,9-12,14H2,1-5H3;5-8H,9H2,1-4H3;6H,2-5H2,1H3;1-4H2. The van der Waals surface area contributed by atoms with Crippen molar-refractivity contribution in [3.63, 3.8) is 0 Å². The second-order valence-electron chi connectivity index (χ2n) is 16.8. The van der Waals surface area contributed by atoms with Gasteiger partial charge in [-0.25, -0.2) is 0 Å². The van der Waals surface area contributed by atoms with Crippen LogP contribution in [0.1, 0.15) is 79.4 Å². The Hall–Kier alpha value is -1.31. The summed E-state index contributed by atoms with van der Waals surface area (Å²) in [6.45, 7) is 29.0. The lowest BCUT2D eigenvalue weighted by Gasteiger charge is -2.32. The van der Waals surface area contributed by atoms with Crippen LogP contribution in [0, 0.1) is 0 Å². The summed E-state index contributed by atoms with van der Waals surface area (Å²) in [6, 6.07) is 17.0. The third kappa shape index (κ3) is 12.6. The number of alkyl halides is 1. The number of hydrogen-bond donors (Lipinski definition) is 1. The maximum atomic E-state index is 6.17. The monoisotopic (exact) mass is 784 g/mol. The van der Waals surface area contributed by atoms with Crippen LogP contribution < -0.4 is 16.2 Å². The number of hydrogen-bond acceptors (Lipinski definition) is 9. The van der Waals surface area contributed by atoms with Gasteiger partial charge in [0.1, 0.15) is 0 Å². The molecule has 5 heterocycles. The molecule has 5 fully saturated rings. The summed E-state index contributed by atoms with van der Waals surface area (Å²) in [4.78, 5) is 7.23. The molecule has 12 heteroatoms. The molecule has 1 N–H and O–H groups in total. The Morgan fingerprint density at radius 3 is 1.42 bits per heavy atom. The van der Waals surface area contributed by atoms with Crippen LogP contribution in [0.3, 0.4) is 0 Å². The molecule has 7 rings (SSSR count). The summed E-state index contributed by atoms with van der Waals surface area (Å²) in [5.41, 5.74) is 3.65. The molecule has 0 radical (unpaired) electrons. The second-order valence-corrected chi connectivity index (χ2v) is 17.3. The highest BCUT2D eigenvalue weighted by atomic mass is 79.9. The summed E-state index contributed by atoms with van der Waals surface area (Å²) in [6.07, 6.45) is 2.56. The normalized spacial score (nSPS) is 23.9. The van der Waals surface area contributed by atoms with Gasteiger partial charge in [0.15, 0.2) is 0 Å². The van der Waals surface area contributed by atoms with Gasteiger partial charge in [-0.1, -0.05) is 64.5 Å². The highest BCUT2D eigenvalue weighted by molar-refractivity contribution is 9.08. The molecule has 5 saturated heterocycles. The first kappa shape index (κ1) is 43.4. The van der Waals surface area contributed by atoms with E-state index in [4.69, 9.17) is 23.4 Å². The van der Waals surface area contributed by atoms with Gasteiger partial charge in [-0.2, -0.15) is 0 Å². The molecule has 2 aromatic carbocycles. The quantitative estimate of drug-likeness (QED) is 0.336. The number of likely N-dealkylation sites (N-methyl/N-ethyl adjacent to an activating group) is 2. The van der Waals surface area contributed by atoms with E-state index in [1.54, 1.807) is 0 Å². The van der Waals surface area contributed by atoms with Gasteiger partial charge in [-0.05, 0) is 104 Å². The fraction of sp³-hybridized carbons (Fsp3) is 0.700. The van der Waals surface area contributed by atoms with Crippen LogP contribution in [-0.2, 0) is 35.2 Å². The predicted molar refractivity (Wildman–Crippen MR) is 220 cm³/mol. The molecule has 9 nitrogen and oxygen atoms in total. The Bertz CT molecular complexity index is 1330. The predicted octanol–water partition coefficient (Wildman–Crippen LogP) is 4.93. The minimum atomic E-state index is -0.287. The summed E-state index contributed by atoms with van der Waals surface area (Å²) in [7, 11) is 3.81. The van der Waals surface area contributed by atoms with Gasteiger partial charge in [0.2, 0.25) is 0 Å². The van der Waals surface area contributed by atoms with Gasteiger partial charge in [-0.3, -0.25) is 4.90 Å². The first-order chi connectivity index (χ1) is 24.5. The van der Waals surface area contributed by atoms with E-state index in [0.717, 1.165) is 75.3 Å². The molecule has 2 aromatic rings. The van der Waals surface area contributed by atoms with Crippen LogP contribution in [0.5, 0.6) is 0 Å². The number of piperazine rings is 2. The molecular formula is C40H67B2BrN4O5. The Morgan fingerprint density at radius 1 is 0.615 bits per heavy atom. The Kier molecular flexibility index (Phi) is 16.3. The third-order valence-corrected chi connectivity index (χ3v) is 11.9. The average molecular weight is 786 g/mol. The fourth-order valence-electron chi connectivity index (χ4n) is 6.17. The van der Waals surface area contributed by atoms with Crippen LogP contribution in [-0.4, -0.2) is 131 Å². The molecule has 0 bridgehead atoms. The first-order valence-corrected chi connectivity index (χ1v) is 20.5. The molecule has 0 amide bonds. The third-order valence-electron chi connectivity index (χ3n) is 11.3. The maximum absolute atomic E-state index is 6.17. The Balaban J connectivity index is 0.000000180. The number of benzene rings is 2. The van der Waals surface area contributed by atoms with E-state index in [1.807, 2.05) is 12.1 Å². The minimum Gasteiger partial charge on any atom is -0.399 e. The molecule has 0 aromatic heterocycles. The van der Waals surface area contributed by atoms with Crippen molar-refractivity contribution >= 4 is 41.1 Å². The lowest BCUT2D eigenvalue weighted by molar-refractivity contribution is 0.00578. The van der Waals surface area contributed by atoms with Crippen molar-refractivity contribution in [2.45, 2.75) is 103 Å². The lowest BCUT2D eigenvalue weighted by Crippen LogP contribution is -2.44. The van der Waals surface area contributed by atoms with Gasteiger partial charge >= 0.3 is 14.2 Å². The number of ether oxygens (including phenoxy) is 1. The first-order valence-electron chi connectivity index (χ1n) is 19.3. The van der Waals surface area contributed by atoms with E-state index < -0.39 is 0 Å². The molecule has 0 spiro atoms. The SMILES string of the molecule is C1CCOC1.CC1(C)OB(c2cccc(CBr)c2)OC1(C)C.CN1CCN(Cc2cccc(B3OC(C)(C)C(C)(C)O3)c2)CC1.CN1CCNCC1. The van der Waals surface area contributed by atoms with Gasteiger partial charge in [0, 0.05) is 77.4 Å². The van der Waals surface area contributed by atoms with Gasteiger partial charge in [0.25, 0.3) is 0 Å². The van der Waals surface area contributed by atoms with Crippen molar-refractivity contribution in [1.82, 2.24) is 20.0 Å². The molecule has 290 valence electrons. The van der Waals surface area contributed by atoms with Crippen LogP contribution in [0.4, 0.5) is 0 Å². The van der Waals surface area contributed by atoms with E-state index in [0.29, 0.717) is 0 Å². The van der Waals surface area contributed by atoms with Crippen LogP contribution in [0.15, 0.2) is 48.5 Å². The number of nitrogens with zero attached hydrogens (tertiary/aromatic N) is 3. The second kappa shape index (κ2) is 19.5. The van der Waals surface area contributed by atoms with E-state index in [9.17, 15) is 0 Å². The zero-order chi connectivity index (χ0) is 38.0. The minimum absolute atomic E-state index is 0.265. The van der Waals surface area contributed by atoms with E-state index >= 15 is 0 Å². The fourth-order valence-corrected chi connectivity index (χ4v) is 6.52. The van der Waals surface area contributed by atoms with Crippen LogP contribution >= 0.6 is 15.9 Å². The number of nitrogens with one attached hydrogen (secondary N) is 1. The smallest absolute Gasteiger partial charge is 0.399 e. The van der Waals surface area contributed by atoms with E-state index in [2.05, 4.69) is 142 Å². The molecule has 0 unspecified atom stereocenters. The van der Waals surface area contributed by atoms with Crippen molar-refractivity contribution in [3.05, 3.63) is 59.7 Å². The maximum Gasteiger partial charge on any atom is 0.494 e. The van der Waals surface area contributed by atoms with E-state index in [1.165, 1.54) is 37.1 Å². The molecule has 0 saturated carbocycles. The van der Waals surface area contributed by atoms with Crippen molar-refractivity contribution in [3.8, 4) is 0 Å². The topological polar surface area (TPSA) is 67.9 Å². The number of halogens is 1. The number of rotatable bonds is 5. The van der Waals surface area contributed by atoms with Crippen LogP contribution in [0.2, 0.25) is 0 Å². The van der Waals surface area contributed by atoms with Crippen LogP contribution in [0.25, 0.3) is 0 Å². The molecule has 5 aliphatic rings. The average Bonchev–Trinajstić information content (AvgIpc) is 3.81. The largest absolute Gasteiger partial charge is 0.494 e. The summed E-state index contributed by atoms with van der Waals surface area (Å²) in [5.74, 6) is 0. The molecule has 0 aliphatic carbocycles. The molecule has 52 heavy (non-hydrogen) atoms. The van der Waals surface area contributed by atoms with Gasteiger partial charge < -0.3 is 38.5 Å². The zero-order valence-corrected chi connectivity index (χ0v) is 35.5. The lowest BCUT2D eigenvalue weighted by atomic mass is 9.78. The summed E-state index contributed by atoms with van der Waals surface area (Å²) < 4.78 is 29.3. The zero-order valence-electron chi connectivity index (χ0n) is 33.9. The molecule has 0 atom stereocenters. The highest BCUT2D eigenvalue weighted by Gasteiger charge is 2.52. The Morgan fingerprint density at radius 2 is 1.04 bits per heavy atom. The van der Waals surface area contributed by atoms with Crippen molar-refractivity contribution in [1.29, 1.82) is 0 Å². The van der Waals surface area contributed by atoms with Crippen molar-refractivity contribution < 1.29 is 23.4 Å². The Labute approximate surface area is 325 Å². The van der Waals surface area contributed by atoms with Gasteiger partial charge in [-0.15, -0.1) is 0 Å².